The first-order chi connectivity index (χ1) is 6.56. The zero-order valence-electron chi connectivity index (χ0n) is 8.23. The van der Waals surface area contributed by atoms with Gasteiger partial charge in [-0.15, -0.1) is 0 Å². The SMILES string of the molecule is CC(C)c1cc(C#N)ccc1B(O)O. The summed E-state index contributed by atoms with van der Waals surface area (Å²) < 4.78 is 0. The molecular weight excluding hydrogens is 177 g/mol. The van der Waals surface area contributed by atoms with Gasteiger partial charge in [-0.25, -0.2) is 0 Å². The van der Waals surface area contributed by atoms with Gasteiger partial charge in [-0.3, -0.25) is 0 Å². The molecule has 3 nitrogen and oxygen atoms in total. The molecule has 72 valence electrons. The highest BCUT2D eigenvalue weighted by Gasteiger charge is 2.17. The molecule has 1 rings (SSSR count). The van der Waals surface area contributed by atoms with Crippen LogP contribution in [0, 0.1) is 11.3 Å². The van der Waals surface area contributed by atoms with Gasteiger partial charge in [0.25, 0.3) is 0 Å². The zero-order valence-corrected chi connectivity index (χ0v) is 8.23. The average Bonchev–Trinajstić information content (AvgIpc) is 2.16. The van der Waals surface area contributed by atoms with Crippen LogP contribution in [0.3, 0.4) is 0 Å². The first kappa shape index (κ1) is 10.8. The van der Waals surface area contributed by atoms with Crippen molar-refractivity contribution in [2.45, 2.75) is 19.8 Å². The maximum atomic E-state index is 9.09. The molecule has 14 heavy (non-hydrogen) atoms. The molecule has 4 heteroatoms. The summed E-state index contributed by atoms with van der Waals surface area (Å²) in [6.45, 7) is 3.89. The first-order valence-corrected chi connectivity index (χ1v) is 4.46. The average molecular weight is 189 g/mol. The van der Waals surface area contributed by atoms with E-state index in [9.17, 15) is 0 Å². The highest BCUT2D eigenvalue weighted by Crippen LogP contribution is 2.13. The topological polar surface area (TPSA) is 64.2 Å². The first-order valence-electron chi connectivity index (χ1n) is 4.46. The molecular formula is C10H12BNO2. The molecule has 1 aromatic carbocycles. The summed E-state index contributed by atoms with van der Waals surface area (Å²) >= 11 is 0. The molecule has 0 saturated heterocycles. The lowest BCUT2D eigenvalue weighted by Crippen LogP contribution is -2.33. The van der Waals surface area contributed by atoms with Gasteiger partial charge in [0.1, 0.15) is 0 Å². The van der Waals surface area contributed by atoms with Gasteiger partial charge in [-0.05, 0) is 29.1 Å². The third-order valence-electron chi connectivity index (χ3n) is 2.12. The maximum Gasteiger partial charge on any atom is 0.488 e. The van der Waals surface area contributed by atoms with Crippen LogP contribution in [-0.2, 0) is 0 Å². The molecule has 0 saturated carbocycles. The van der Waals surface area contributed by atoms with Gasteiger partial charge >= 0.3 is 7.12 Å². The van der Waals surface area contributed by atoms with Gasteiger partial charge in [0, 0.05) is 0 Å². The smallest absolute Gasteiger partial charge is 0.423 e. The third kappa shape index (κ3) is 2.14. The maximum absolute atomic E-state index is 9.09. The molecule has 0 radical (unpaired) electrons. The number of nitrogens with zero attached hydrogens (tertiary/aromatic N) is 1. The molecule has 1 aromatic rings. The van der Waals surface area contributed by atoms with E-state index in [4.69, 9.17) is 15.3 Å². The van der Waals surface area contributed by atoms with Crippen molar-refractivity contribution in [3.8, 4) is 6.07 Å². The largest absolute Gasteiger partial charge is 0.488 e. The Kier molecular flexibility index (Phi) is 3.29. The Bertz CT molecular complexity index is 369. The van der Waals surface area contributed by atoms with Crippen molar-refractivity contribution in [2.75, 3.05) is 0 Å². The van der Waals surface area contributed by atoms with Gasteiger partial charge in [0.15, 0.2) is 0 Å². The van der Waals surface area contributed by atoms with Crippen LogP contribution in [-0.4, -0.2) is 17.2 Å². The minimum atomic E-state index is -1.47. The molecule has 0 fully saturated rings. The number of rotatable bonds is 2. The minimum absolute atomic E-state index is 0.167. The summed E-state index contributed by atoms with van der Waals surface area (Å²) in [5, 5.41) is 26.9. The number of nitriles is 1. The van der Waals surface area contributed by atoms with Crippen molar-refractivity contribution in [2.24, 2.45) is 0 Å². The predicted molar refractivity (Wildman–Crippen MR) is 55.1 cm³/mol. The van der Waals surface area contributed by atoms with Gasteiger partial charge in [-0.2, -0.15) is 5.26 Å². The Balaban J connectivity index is 3.26. The molecule has 0 heterocycles. The molecule has 0 atom stereocenters. The van der Waals surface area contributed by atoms with Crippen LogP contribution in [0.4, 0.5) is 0 Å². The van der Waals surface area contributed by atoms with Crippen molar-refractivity contribution < 1.29 is 10.0 Å². The molecule has 0 aliphatic rings. The lowest BCUT2D eigenvalue weighted by molar-refractivity contribution is 0.425. The quantitative estimate of drug-likeness (QED) is 0.660. The molecule has 0 unspecified atom stereocenters. The van der Waals surface area contributed by atoms with Crippen LogP contribution in [0.5, 0.6) is 0 Å². The van der Waals surface area contributed by atoms with Gasteiger partial charge in [0.05, 0.1) is 11.6 Å². The van der Waals surface area contributed by atoms with Crippen molar-refractivity contribution in [1.29, 1.82) is 5.26 Å². The summed E-state index contributed by atoms with van der Waals surface area (Å²) in [6, 6.07) is 6.88. The van der Waals surface area contributed by atoms with E-state index in [0.29, 0.717) is 11.0 Å². The molecule has 2 N–H and O–H groups in total. The van der Waals surface area contributed by atoms with E-state index in [0.717, 1.165) is 5.56 Å². The van der Waals surface area contributed by atoms with Crippen molar-refractivity contribution >= 4 is 12.6 Å². The van der Waals surface area contributed by atoms with E-state index in [1.807, 2.05) is 19.9 Å². The zero-order chi connectivity index (χ0) is 10.7. The molecule has 0 aliphatic carbocycles. The second kappa shape index (κ2) is 4.27. The fourth-order valence-corrected chi connectivity index (χ4v) is 1.38. The Labute approximate surface area is 83.8 Å². The molecule has 0 aromatic heterocycles. The highest BCUT2D eigenvalue weighted by atomic mass is 16.4. The Morgan fingerprint density at radius 2 is 2.00 bits per heavy atom. The molecule has 0 aliphatic heterocycles. The number of hydrogen-bond donors (Lipinski definition) is 2. The minimum Gasteiger partial charge on any atom is -0.423 e. The predicted octanol–water partition coefficient (Wildman–Crippen LogP) is 0.361. The Morgan fingerprint density at radius 1 is 1.36 bits per heavy atom. The van der Waals surface area contributed by atoms with E-state index in [1.165, 1.54) is 0 Å². The second-order valence-corrected chi connectivity index (χ2v) is 3.48. The van der Waals surface area contributed by atoms with Crippen LogP contribution >= 0.6 is 0 Å². The van der Waals surface area contributed by atoms with Crippen molar-refractivity contribution in [3.63, 3.8) is 0 Å². The summed E-state index contributed by atoms with van der Waals surface area (Å²) in [6.07, 6.45) is 0. The molecule has 0 amide bonds. The third-order valence-corrected chi connectivity index (χ3v) is 2.12. The standard InChI is InChI=1S/C10H12BNO2/c1-7(2)9-5-8(6-12)3-4-10(9)11(13)14/h3-5,7,13-14H,1-2H3. The van der Waals surface area contributed by atoms with Gasteiger partial charge < -0.3 is 10.0 Å². The summed E-state index contributed by atoms with van der Waals surface area (Å²) in [7, 11) is -1.47. The van der Waals surface area contributed by atoms with Crippen LogP contribution in [0.2, 0.25) is 0 Å². The Morgan fingerprint density at radius 3 is 2.43 bits per heavy atom. The van der Waals surface area contributed by atoms with Crippen LogP contribution in [0.15, 0.2) is 18.2 Å². The normalized spacial score (nSPS) is 10.0. The van der Waals surface area contributed by atoms with Crippen LogP contribution in [0.1, 0.15) is 30.9 Å². The van der Waals surface area contributed by atoms with Gasteiger partial charge in [-0.1, -0.05) is 19.9 Å². The highest BCUT2D eigenvalue weighted by molar-refractivity contribution is 6.59. The van der Waals surface area contributed by atoms with Gasteiger partial charge in [0.2, 0.25) is 0 Å². The Hall–Kier alpha value is -1.31. The summed E-state index contributed by atoms with van der Waals surface area (Å²) in [5.74, 6) is 0.167. The number of benzene rings is 1. The van der Waals surface area contributed by atoms with Crippen LogP contribution in [0.25, 0.3) is 0 Å². The molecule has 0 spiro atoms. The van der Waals surface area contributed by atoms with E-state index in [-0.39, 0.29) is 5.92 Å². The van der Waals surface area contributed by atoms with E-state index >= 15 is 0 Å². The van der Waals surface area contributed by atoms with Crippen LogP contribution < -0.4 is 5.46 Å². The summed E-state index contributed by atoms with van der Waals surface area (Å²) in [5.41, 5.74) is 1.82. The van der Waals surface area contributed by atoms with Crippen molar-refractivity contribution in [3.05, 3.63) is 29.3 Å². The fourth-order valence-electron chi connectivity index (χ4n) is 1.38. The van der Waals surface area contributed by atoms with Crippen molar-refractivity contribution in [1.82, 2.24) is 0 Å². The second-order valence-electron chi connectivity index (χ2n) is 3.48. The van der Waals surface area contributed by atoms with E-state index in [1.54, 1.807) is 18.2 Å². The summed E-state index contributed by atoms with van der Waals surface area (Å²) in [4.78, 5) is 0. The fraction of sp³-hybridized carbons (Fsp3) is 0.300. The lowest BCUT2D eigenvalue weighted by Gasteiger charge is -2.12. The molecule has 0 bridgehead atoms. The monoisotopic (exact) mass is 189 g/mol. The lowest BCUT2D eigenvalue weighted by atomic mass is 9.74. The number of hydrogen-bond acceptors (Lipinski definition) is 3. The van der Waals surface area contributed by atoms with E-state index in [2.05, 4.69) is 0 Å². The van der Waals surface area contributed by atoms with E-state index < -0.39 is 7.12 Å².